The smallest absolute Gasteiger partial charge is 0.282 e. The molecule has 2 aliphatic heterocycles. The first-order chi connectivity index (χ1) is 9.68. The molecular formula is C11H18N4O4S. The number of rotatable bonds is 3. The highest BCUT2D eigenvalue weighted by Gasteiger charge is 2.35. The maximum atomic E-state index is 12.6. The topological polar surface area (TPSA) is 87.8 Å². The van der Waals surface area contributed by atoms with Gasteiger partial charge in [0.25, 0.3) is 10.2 Å². The van der Waals surface area contributed by atoms with E-state index in [0.29, 0.717) is 46.0 Å². The number of morpholine rings is 2. The summed E-state index contributed by atoms with van der Waals surface area (Å²) in [5.41, 5.74) is 0.798. The van der Waals surface area contributed by atoms with Crippen LogP contribution in [0.5, 0.6) is 0 Å². The Kier molecular flexibility index (Phi) is 4.03. The normalized spacial score (nSPS) is 26.7. The molecule has 0 aromatic carbocycles. The van der Waals surface area contributed by atoms with Gasteiger partial charge in [0.2, 0.25) is 0 Å². The van der Waals surface area contributed by atoms with Crippen LogP contribution in [0.3, 0.4) is 0 Å². The zero-order chi connectivity index (χ0) is 14.0. The van der Waals surface area contributed by atoms with Crippen LogP contribution in [-0.2, 0) is 19.7 Å². The summed E-state index contributed by atoms with van der Waals surface area (Å²) in [6.45, 7) is 2.80. The van der Waals surface area contributed by atoms with Crippen molar-refractivity contribution < 1.29 is 17.9 Å². The fourth-order valence-electron chi connectivity index (χ4n) is 2.41. The maximum Gasteiger partial charge on any atom is 0.282 e. The Bertz CT molecular complexity index is 527. The number of aromatic nitrogens is 2. The number of nitrogens with zero attached hydrogens (tertiary/aromatic N) is 3. The van der Waals surface area contributed by atoms with E-state index in [1.807, 2.05) is 0 Å². The first-order valence-electron chi connectivity index (χ1n) is 6.62. The zero-order valence-electron chi connectivity index (χ0n) is 11.1. The molecule has 1 atom stereocenters. The Hall–Kier alpha value is -1.00. The average molecular weight is 302 g/mol. The molecule has 112 valence electrons. The van der Waals surface area contributed by atoms with Crippen LogP contribution in [0, 0.1) is 0 Å². The molecular weight excluding hydrogens is 284 g/mol. The molecule has 1 aromatic rings. The summed E-state index contributed by atoms with van der Waals surface area (Å²) >= 11 is 0. The first kappa shape index (κ1) is 14.0. The van der Waals surface area contributed by atoms with Crippen LogP contribution in [0.25, 0.3) is 0 Å². The van der Waals surface area contributed by atoms with Crippen LogP contribution in [0.15, 0.2) is 12.3 Å². The van der Waals surface area contributed by atoms with E-state index in [-0.39, 0.29) is 6.10 Å². The highest BCUT2D eigenvalue weighted by atomic mass is 32.2. The molecule has 0 aliphatic carbocycles. The molecule has 2 aliphatic rings. The van der Waals surface area contributed by atoms with Gasteiger partial charge in [-0.15, -0.1) is 0 Å². The predicted molar refractivity (Wildman–Crippen MR) is 70.2 cm³/mol. The van der Waals surface area contributed by atoms with Crippen LogP contribution in [0.2, 0.25) is 0 Å². The van der Waals surface area contributed by atoms with E-state index < -0.39 is 10.2 Å². The minimum absolute atomic E-state index is 0.290. The maximum absolute atomic E-state index is 12.6. The molecule has 1 aromatic heterocycles. The van der Waals surface area contributed by atoms with E-state index in [4.69, 9.17) is 9.47 Å². The summed E-state index contributed by atoms with van der Waals surface area (Å²) in [6.07, 6.45) is 1.34. The Morgan fingerprint density at radius 1 is 1.20 bits per heavy atom. The molecule has 0 saturated carbocycles. The number of H-pyrrole nitrogens is 1. The van der Waals surface area contributed by atoms with Crippen LogP contribution >= 0.6 is 0 Å². The van der Waals surface area contributed by atoms with Crippen LogP contribution in [-0.4, -0.2) is 73.2 Å². The third kappa shape index (κ3) is 2.72. The predicted octanol–water partition coefficient (Wildman–Crippen LogP) is -0.640. The van der Waals surface area contributed by atoms with Gasteiger partial charge in [0.05, 0.1) is 25.5 Å². The van der Waals surface area contributed by atoms with Gasteiger partial charge in [-0.25, -0.2) is 0 Å². The fourth-order valence-corrected chi connectivity index (χ4v) is 3.98. The molecule has 3 heterocycles. The van der Waals surface area contributed by atoms with Crippen LogP contribution < -0.4 is 0 Å². The molecule has 0 spiro atoms. The van der Waals surface area contributed by atoms with Gasteiger partial charge in [0.1, 0.15) is 6.10 Å². The highest BCUT2D eigenvalue weighted by molar-refractivity contribution is 7.86. The summed E-state index contributed by atoms with van der Waals surface area (Å²) in [7, 11) is -3.44. The van der Waals surface area contributed by atoms with E-state index in [2.05, 4.69) is 10.2 Å². The van der Waals surface area contributed by atoms with E-state index in [1.165, 1.54) is 8.61 Å². The number of aromatic amines is 1. The molecule has 1 N–H and O–H groups in total. The van der Waals surface area contributed by atoms with Crippen molar-refractivity contribution in [3.63, 3.8) is 0 Å². The Labute approximate surface area is 117 Å². The van der Waals surface area contributed by atoms with Gasteiger partial charge >= 0.3 is 0 Å². The van der Waals surface area contributed by atoms with E-state index in [0.717, 1.165) is 5.69 Å². The van der Waals surface area contributed by atoms with Crippen molar-refractivity contribution in [3.8, 4) is 0 Å². The Morgan fingerprint density at radius 2 is 1.95 bits per heavy atom. The van der Waals surface area contributed by atoms with Crippen LogP contribution in [0.1, 0.15) is 11.8 Å². The summed E-state index contributed by atoms with van der Waals surface area (Å²) in [4.78, 5) is 0. The molecule has 0 radical (unpaired) electrons. The van der Waals surface area contributed by atoms with Gasteiger partial charge in [-0.05, 0) is 6.07 Å². The molecule has 8 nitrogen and oxygen atoms in total. The van der Waals surface area contributed by atoms with Crippen molar-refractivity contribution in [2.75, 3.05) is 46.0 Å². The molecule has 2 saturated heterocycles. The monoisotopic (exact) mass is 302 g/mol. The summed E-state index contributed by atoms with van der Waals surface area (Å²) < 4.78 is 38.9. The van der Waals surface area contributed by atoms with Gasteiger partial charge in [-0.1, -0.05) is 0 Å². The highest BCUT2D eigenvalue weighted by Crippen LogP contribution is 2.23. The lowest BCUT2D eigenvalue weighted by Crippen LogP contribution is -2.52. The van der Waals surface area contributed by atoms with Gasteiger partial charge in [0, 0.05) is 32.4 Å². The number of ether oxygens (including phenoxy) is 2. The SMILES string of the molecule is O=S(=O)(N1CCOCC1)N1CCOC(c2ccn[nH]2)C1. The molecule has 9 heteroatoms. The minimum atomic E-state index is -3.44. The van der Waals surface area contributed by atoms with Gasteiger partial charge in [-0.2, -0.15) is 22.1 Å². The second-order valence-electron chi connectivity index (χ2n) is 4.75. The fraction of sp³-hybridized carbons (Fsp3) is 0.727. The second kappa shape index (κ2) is 5.78. The van der Waals surface area contributed by atoms with Crippen LogP contribution in [0.4, 0.5) is 0 Å². The standard InChI is InChI=1S/C11H18N4O4S/c16-20(17,14-3-6-18-7-4-14)15-5-8-19-11(9-15)10-1-2-12-13-10/h1-2,11H,3-9H2,(H,12,13). The lowest BCUT2D eigenvalue weighted by molar-refractivity contribution is -0.00846. The largest absolute Gasteiger partial charge is 0.379 e. The van der Waals surface area contributed by atoms with E-state index in [1.54, 1.807) is 12.3 Å². The van der Waals surface area contributed by atoms with Gasteiger partial charge in [0.15, 0.2) is 0 Å². The van der Waals surface area contributed by atoms with Crippen molar-refractivity contribution >= 4 is 10.2 Å². The van der Waals surface area contributed by atoms with Gasteiger partial charge < -0.3 is 9.47 Å². The lowest BCUT2D eigenvalue weighted by Gasteiger charge is -2.36. The third-order valence-corrected chi connectivity index (χ3v) is 5.52. The Morgan fingerprint density at radius 3 is 2.65 bits per heavy atom. The summed E-state index contributed by atoms with van der Waals surface area (Å²) in [5.74, 6) is 0. The summed E-state index contributed by atoms with van der Waals surface area (Å²) in [6, 6.07) is 1.80. The second-order valence-corrected chi connectivity index (χ2v) is 6.68. The van der Waals surface area contributed by atoms with E-state index >= 15 is 0 Å². The molecule has 2 fully saturated rings. The lowest BCUT2D eigenvalue weighted by atomic mass is 10.2. The number of nitrogens with one attached hydrogen (secondary N) is 1. The average Bonchev–Trinajstić information content (AvgIpc) is 3.03. The quantitative estimate of drug-likeness (QED) is 0.802. The summed E-state index contributed by atoms with van der Waals surface area (Å²) in [5, 5.41) is 6.70. The zero-order valence-corrected chi connectivity index (χ0v) is 11.9. The van der Waals surface area contributed by atoms with Crippen molar-refractivity contribution in [3.05, 3.63) is 18.0 Å². The van der Waals surface area contributed by atoms with Crippen molar-refractivity contribution in [1.29, 1.82) is 0 Å². The third-order valence-electron chi connectivity index (χ3n) is 3.52. The van der Waals surface area contributed by atoms with Crippen molar-refractivity contribution in [2.24, 2.45) is 0 Å². The molecule has 0 bridgehead atoms. The number of hydrogen-bond donors (Lipinski definition) is 1. The molecule has 0 amide bonds. The van der Waals surface area contributed by atoms with Gasteiger partial charge in [-0.3, -0.25) is 5.10 Å². The number of hydrogen-bond acceptors (Lipinski definition) is 5. The first-order valence-corrected chi connectivity index (χ1v) is 8.01. The Balaban J connectivity index is 1.72. The molecule has 1 unspecified atom stereocenters. The van der Waals surface area contributed by atoms with Crippen molar-refractivity contribution in [2.45, 2.75) is 6.10 Å². The molecule has 20 heavy (non-hydrogen) atoms. The minimum Gasteiger partial charge on any atom is -0.379 e. The van der Waals surface area contributed by atoms with E-state index in [9.17, 15) is 8.42 Å². The molecule has 3 rings (SSSR count). The van der Waals surface area contributed by atoms with Crippen molar-refractivity contribution in [1.82, 2.24) is 18.8 Å².